The molecule has 1 aromatic carbocycles. The highest BCUT2D eigenvalue weighted by atomic mass is 19.1. The Morgan fingerprint density at radius 3 is 2.50 bits per heavy atom. The largest absolute Gasteiger partial charge is 0.207 e. The molecule has 0 aromatic heterocycles. The fourth-order valence-corrected chi connectivity index (χ4v) is 1.28. The van der Waals surface area contributed by atoms with Crippen molar-refractivity contribution >= 4 is 0 Å². The minimum Gasteiger partial charge on any atom is -0.207 e. The number of hydrogen-bond acceptors (Lipinski definition) is 0. The summed E-state index contributed by atoms with van der Waals surface area (Å²) in [6.45, 7) is 4.10. The second kappa shape index (κ2) is 4.24. The lowest BCUT2D eigenvalue weighted by Crippen LogP contribution is -1.91. The van der Waals surface area contributed by atoms with Gasteiger partial charge in [0.05, 0.1) is 0 Å². The van der Waals surface area contributed by atoms with Crippen molar-refractivity contribution in [1.82, 2.24) is 0 Å². The first-order valence-electron chi connectivity index (χ1n) is 4.55. The molecule has 0 heterocycles. The van der Waals surface area contributed by atoms with Gasteiger partial charge in [0.2, 0.25) is 0 Å². The van der Waals surface area contributed by atoms with E-state index in [1.54, 1.807) is 6.07 Å². The quantitative estimate of drug-likeness (QED) is 0.646. The van der Waals surface area contributed by atoms with Crippen LogP contribution in [0, 0.1) is 5.82 Å². The molecule has 0 atom stereocenters. The van der Waals surface area contributed by atoms with Crippen molar-refractivity contribution in [2.24, 2.45) is 0 Å². The molecule has 1 heteroatoms. The third-order valence-electron chi connectivity index (χ3n) is 2.05. The molecule has 0 unspecified atom stereocenters. The zero-order valence-electron chi connectivity index (χ0n) is 7.73. The van der Waals surface area contributed by atoms with Crippen LogP contribution >= 0.6 is 0 Å². The fourth-order valence-electron chi connectivity index (χ4n) is 1.28. The molecule has 0 fully saturated rings. The SMILES string of the molecule is CCCc1ccc(CC)cc1F. The Bertz CT molecular complexity index is 253. The molecule has 0 radical (unpaired) electrons. The Kier molecular flexibility index (Phi) is 3.27. The summed E-state index contributed by atoms with van der Waals surface area (Å²) < 4.78 is 13.2. The maximum atomic E-state index is 13.2. The van der Waals surface area contributed by atoms with Crippen LogP contribution in [0.5, 0.6) is 0 Å². The second-order valence-corrected chi connectivity index (χ2v) is 3.03. The fraction of sp³-hybridized carbons (Fsp3) is 0.455. The summed E-state index contributed by atoms with van der Waals surface area (Å²) >= 11 is 0. The van der Waals surface area contributed by atoms with Gasteiger partial charge in [-0.25, -0.2) is 4.39 Å². The van der Waals surface area contributed by atoms with Gasteiger partial charge in [0.15, 0.2) is 0 Å². The van der Waals surface area contributed by atoms with Crippen molar-refractivity contribution < 1.29 is 4.39 Å². The zero-order chi connectivity index (χ0) is 8.97. The number of hydrogen-bond donors (Lipinski definition) is 0. The summed E-state index contributed by atoms with van der Waals surface area (Å²) in [5.41, 5.74) is 1.92. The monoisotopic (exact) mass is 166 g/mol. The Hall–Kier alpha value is -0.850. The normalized spacial score (nSPS) is 10.2. The Morgan fingerprint density at radius 1 is 1.25 bits per heavy atom. The van der Waals surface area contributed by atoms with Crippen LogP contribution in [0.1, 0.15) is 31.4 Å². The van der Waals surface area contributed by atoms with Crippen molar-refractivity contribution in [3.8, 4) is 0 Å². The van der Waals surface area contributed by atoms with Gasteiger partial charge < -0.3 is 0 Å². The highest BCUT2D eigenvalue weighted by Gasteiger charge is 2.00. The minimum atomic E-state index is -0.0452. The Morgan fingerprint density at radius 2 is 2.00 bits per heavy atom. The molecular formula is C11H15F. The average Bonchev–Trinajstić information content (AvgIpc) is 2.09. The van der Waals surface area contributed by atoms with Gasteiger partial charge in [0.25, 0.3) is 0 Å². The first kappa shape index (κ1) is 9.24. The van der Waals surface area contributed by atoms with E-state index in [0.29, 0.717) is 0 Å². The molecule has 0 amide bonds. The predicted molar refractivity (Wildman–Crippen MR) is 49.8 cm³/mol. The van der Waals surface area contributed by atoms with Crippen LogP contribution in [0.2, 0.25) is 0 Å². The molecule has 0 saturated carbocycles. The molecule has 0 N–H and O–H groups in total. The summed E-state index contributed by atoms with van der Waals surface area (Å²) in [5, 5.41) is 0. The van der Waals surface area contributed by atoms with Crippen LogP contribution in [0.25, 0.3) is 0 Å². The maximum Gasteiger partial charge on any atom is 0.126 e. The number of benzene rings is 1. The second-order valence-electron chi connectivity index (χ2n) is 3.03. The smallest absolute Gasteiger partial charge is 0.126 e. The van der Waals surface area contributed by atoms with Gasteiger partial charge in [0.1, 0.15) is 5.82 Å². The zero-order valence-corrected chi connectivity index (χ0v) is 7.73. The number of halogens is 1. The molecule has 66 valence electrons. The van der Waals surface area contributed by atoms with Gasteiger partial charge in [-0.2, -0.15) is 0 Å². The summed E-state index contributed by atoms with van der Waals surface area (Å²) in [5.74, 6) is -0.0452. The van der Waals surface area contributed by atoms with E-state index in [1.165, 1.54) is 0 Å². The molecule has 0 aliphatic carbocycles. The average molecular weight is 166 g/mol. The molecular weight excluding hydrogens is 151 g/mol. The Labute approximate surface area is 73.4 Å². The Balaban J connectivity index is 2.87. The summed E-state index contributed by atoms with van der Waals surface area (Å²) in [7, 11) is 0. The molecule has 0 aliphatic rings. The molecule has 0 spiro atoms. The van der Waals surface area contributed by atoms with E-state index in [1.807, 2.05) is 19.1 Å². The van der Waals surface area contributed by atoms with Crippen molar-refractivity contribution in [1.29, 1.82) is 0 Å². The first-order chi connectivity index (χ1) is 5.77. The molecule has 0 saturated heterocycles. The minimum absolute atomic E-state index is 0.0452. The molecule has 0 aliphatic heterocycles. The third-order valence-corrected chi connectivity index (χ3v) is 2.05. The van der Waals surface area contributed by atoms with Gasteiger partial charge in [-0.05, 0) is 30.0 Å². The van der Waals surface area contributed by atoms with Gasteiger partial charge in [-0.15, -0.1) is 0 Å². The highest BCUT2D eigenvalue weighted by molar-refractivity contribution is 5.24. The van der Waals surface area contributed by atoms with E-state index >= 15 is 0 Å². The predicted octanol–water partition coefficient (Wildman–Crippen LogP) is 3.34. The topological polar surface area (TPSA) is 0 Å². The molecule has 12 heavy (non-hydrogen) atoms. The van der Waals surface area contributed by atoms with Crippen molar-refractivity contribution in [2.45, 2.75) is 33.1 Å². The summed E-state index contributed by atoms with van der Waals surface area (Å²) in [6, 6.07) is 5.55. The van der Waals surface area contributed by atoms with E-state index in [9.17, 15) is 4.39 Å². The van der Waals surface area contributed by atoms with Gasteiger partial charge in [-0.1, -0.05) is 32.4 Å². The van der Waals surface area contributed by atoms with Crippen LogP contribution in [-0.4, -0.2) is 0 Å². The highest BCUT2D eigenvalue weighted by Crippen LogP contribution is 2.12. The lowest BCUT2D eigenvalue weighted by Gasteiger charge is -2.02. The van der Waals surface area contributed by atoms with Crippen LogP contribution in [0.15, 0.2) is 18.2 Å². The lowest BCUT2D eigenvalue weighted by atomic mass is 10.1. The molecule has 1 rings (SSSR count). The third kappa shape index (κ3) is 2.07. The molecule has 0 nitrogen and oxygen atoms in total. The summed E-state index contributed by atoms with van der Waals surface area (Å²) in [6.07, 6.45) is 2.75. The summed E-state index contributed by atoms with van der Waals surface area (Å²) in [4.78, 5) is 0. The maximum absolute atomic E-state index is 13.2. The standard InChI is InChI=1S/C11H15F/c1-3-5-10-7-6-9(4-2)8-11(10)12/h6-8H,3-5H2,1-2H3. The lowest BCUT2D eigenvalue weighted by molar-refractivity contribution is 0.605. The van der Waals surface area contributed by atoms with Crippen LogP contribution in [-0.2, 0) is 12.8 Å². The van der Waals surface area contributed by atoms with E-state index in [2.05, 4.69) is 6.92 Å². The van der Waals surface area contributed by atoms with E-state index < -0.39 is 0 Å². The molecule has 1 aromatic rings. The number of rotatable bonds is 3. The van der Waals surface area contributed by atoms with Crippen molar-refractivity contribution in [3.63, 3.8) is 0 Å². The van der Waals surface area contributed by atoms with Crippen molar-refractivity contribution in [3.05, 3.63) is 35.1 Å². The van der Waals surface area contributed by atoms with Gasteiger partial charge in [-0.3, -0.25) is 0 Å². The van der Waals surface area contributed by atoms with Crippen LogP contribution in [0.3, 0.4) is 0 Å². The first-order valence-corrected chi connectivity index (χ1v) is 4.55. The van der Waals surface area contributed by atoms with Crippen molar-refractivity contribution in [2.75, 3.05) is 0 Å². The molecule has 0 bridgehead atoms. The van der Waals surface area contributed by atoms with E-state index in [-0.39, 0.29) is 5.82 Å². The van der Waals surface area contributed by atoms with Crippen LogP contribution in [0.4, 0.5) is 4.39 Å². The van der Waals surface area contributed by atoms with E-state index in [0.717, 1.165) is 30.4 Å². The number of aryl methyl sites for hydroxylation is 2. The van der Waals surface area contributed by atoms with Gasteiger partial charge >= 0.3 is 0 Å². The van der Waals surface area contributed by atoms with Crippen LogP contribution < -0.4 is 0 Å². The van der Waals surface area contributed by atoms with Gasteiger partial charge in [0, 0.05) is 0 Å². The van der Waals surface area contributed by atoms with E-state index in [4.69, 9.17) is 0 Å².